The molecule has 1 fully saturated rings. The summed E-state index contributed by atoms with van der Waals surface area (Å²) in [7, 11) is 1.59. The molecule has 2 N–H and O–H groups in total. The zero-order chi connectivity index (χ0) is 22.9. The number of carbonyl (C=O) groups excluding carboxylic acids is 1. The van der Waals surface area contributed by atoms with E-state index in [4.69, 9.17) is 21.1 Å². The third-order valence-corrected chi connectivity index (χ3v) is 5.33. The minimum absolute atomic E-state index is 0.0487. The Morgan fingerprint density at radius 1 is 1.22 bits per heavy atom. The lowest BCUT2D eigenvalue weighted by atomic mass is 10.2. The van der Waals surface area contributed by atoms with Gasteiger partial charge in [0.2, 0.25) is 11.9 Å². The van der Waals surface area contributed by atoms with Gasteiger partial charge in [-0.1, -0.05) is 11.6 Å². The number of anilines is 2. The van der Waals surface area contributed by atoms with Gasteiger partial charge in [0.1, 0.15) is 0 Å². The summed E-state index contributed by atoms with van der Waals surface area (Å²) in [4.78, 5) is 36.5. The molecule has 1 aliphatic rings. The smallest absolute Gasteiger partial charge is 0.269 e. The zero-order valence-electron chi connectivity index (χ0n) is 18.2. The average Bonchev–Trinajstić information content (AvgIpc) is 2.80. The highest BCUT2D eigenvalue weighted by Gasteiger charge is 2.22. The van der Waals surface area contributed by atoms with Crippen LogP contribution in [-0.2, 0) is 14.3 Å². The normalized spacial score (nSPS) is 15.0. The fourth-order valence-corrected chi connectivity index (χ4v) is 3.42. The second kappa shape index (κ2) is 11.7. The summed E-state index contributed by atoms with van der Waals surface area (Å²) in [6.07, 6.45) is 4.98. The van der Waals surface area contributed by atoms with E-state index in [0.29, 0.717) is 74.6 Å². The summed E-state index contributed by atoms with van der Waals surface area (Å²) in [6.45, 7) is 5.26. The van der Waals surface area contributed by atoms with Crippen LogP contribution in [0.25, 0.3) is 0 Å². The van der Waals surface area contributed by atoms with Gasteiger partial charge in [-0.05, 0) is 6.92 Å². The minimum Gasteiger partial charge on any atom is -0.382 e. The number of piperazine rings is 1. The van der Waals surface area contributed by atoms with Gasteiger partial charge in [-0.25, -0.2) is 15.1 Å². The Balaban J connectivity index is 1.39. The molecule has 2 aromatic rings. The van der Waals surface area contributed by atoms with E-state index in [1.54, 1.807) is 32.6 Å². The number of nitrogens with one attached hydrogen (secondary N) is 2. The molecule has 1 saturated heterocycles. The van der Waals surface area contributed by atoms with Crippen LogP contribution in [0, 0.1) is 6.92 Å². The van der Waals surface area contributed by atoms with Crippen molar-refractivity contribution in [3.63, 3.8) is 0 Å². The van der Waals surface area contributed by atoms with Gasteiger partial charge in [0.25, 0.3) is 5.56 Å². The Bertz CT molecular complexity index is 932. The SMILES string of the molecule is COC[C@@H](COCCC(=O)N1CCN(c2ncc(Cl)cn2)CC1)Nc1cn[nH]c(=O)c1C. The Morgan fingerprint density at radius 2 is 1.94 bits per heavy atom. The number of methoxy groups -OCH3 is 1. The molecule has 0 aliphatic carbocycles. The van der Waals surface area contributed by atoms with Crippen LogP contribution >= 0.6 is 11.6 Å². The van der Waals surface area contributed by atoms with E-state index in [1.807, 2.05) is 9.80 Å². The molecule has 1 atom stereocenters. The number of nitrogens with zero attached hydrogens (tertiary/aromatic N) is 5. The highest BCUT2D eigenvalue weighted by Crippen LogP contribution is 2.14. The first-order chi connectivity index (χ1) is 15.5. The number of hydrogen-bond donors (Lipinski definition) is 2. The molecule has 11 nitrogen and oxygen atoms in total. The van der Waals surface area contributed by atoms with Crippen molar-refractivity contribution in [2.75, 3.05) is 63.3 Å². The lowest BCUT2D eigenvalue weighted by Crippen LogP contribution is -2.49. The molecular weight excluding hydrogens is 438 g/mol. The standard InChI is InChI=1S/C20H28ClN7O4/c1-14-17(11-24-26-19(14)30)25-16(12-31-2)13-32-8-3-18(29)27-4-6-28(7-5-27)20-22-9-15(21)10-23-20/h9-11,16H,3-8,12-13H2,1-2H3,(H2,25,26,30)/t16-/m0/s1. The number of ether oxygens (including phenoxy) is 2. The number of hydrogen-bond acceptors (Lipinski definition) is 9. The molecule has 0 spiro atoms. The molecule has 3 rings (SSSR count). The first-order valence-corrected chi connectivity index (χ1v) is 10.7. The number of halogens is 1. The van der Waals surface area contributed by atoms with E-state index in [9.17, 15) is 9.59 Å². The van der Waals surface area contributed by atoms with E-state index in [1.165, 1.54) is 0 Å². The van der Waals surface area contributed by atoms with Crippen molar-refractivity contribution >= 4 is 29.1 Å². The van der Waals surface area contributed by atoms with E-state index in [2.05, 4.69) is 25.5 Å². The van der Waals surface area contributed by atoms with Crippen LogP contribution in [0.5, 0.6) is 0 Å². The van der Waals surface area contributed by atoms with Gasteiger partial charge in [0.15, 0.2) is 0 Å². The van der Waals surface area contributed by atoms with Crippen molar-refractivity contribution in [2.24, 2.45) is 0 Å². The third-order valence-electron chi connectivity index (χ3n) is 5.13. The van der Waals surface area contributed by atoms with Gasteiger partial charge >= 0.3 is 0 Å². The Morgan fingerprint density at radius 3 is 2.62 bits per heavy atom. The van der Waals surface area contributed by atoms with Crippen molar-refractivity contribution in [2.45, 2.75) is 19.4 Å². The van der Waals surface area contributed by atoms with Crippen molar-refractivity contribution in [1.29, 1.82) is 0 Å². The highest BCUT2D eigenvalue weighted by atomic mass is 35.5. The van der Waals surface area contributed by atoms with Gasteiger partial charge in [-0.15, -0.1) is 0 Å². The topological polar surface area (TPSA) is 126 Å². The van der Waals surface area contributed by atoms with Crippen molar-refractivity contribution < 1.29 is 14.3 Å². The average molecular weight is 466 g/mol. The van der Waals surface area contributed by atoms with Crippen LogP contribution < -0.4 is 15.8 Å². The lowest BCUT2D eigenvalue weighted by molar-refractivity contribution is -0.132. The predicted molar refractivity (Wildman–Crippen MR) is 120 cm³/mol. The zero-order valence-corrected chi connectivity index (χ0v) is 19.0. The van der Waals surface area contributed by atoms with Crippen molar-refractivity contribution in [1.82, 2.24) is 25.1 Å². The Hall–Kier alpha value is -2.76. The summed E-state index contributed by atoms with van der Waals surface area (Å²) in [5.41, 5.74) is 0.915. The molecule has 0 unspecified atom stereocenters. The summed E-state index contributed by atoms with van der Waals surface area (Å²) < 4.78 is 10.9. The summed E-state index contributed by atoms with van der Waals surface area (Å²) in [6, 6.07) is -0.180. The largest absolute Gasteiger partial charge is 0.382 e. The maximum Gasteiger partial charge on any atom is 0.269 e. The van der Waals surface area contributed by atoms with E-state index in [0.717, 1.165) is 0 Å². The maximum absolute atomic E-state index is 12.5. The maximum atomic E-state index is 12.5. The van der Waals surface area contributed by atoms with E-state index in [-0.39, 0.29) is 17.5 Å². The molecule has 174 valence electrons. The van der Waals surface area contributed by atoms with Crippen LogP contribution in [0.2, 0.25) is 5.02 Å². The summed E-state index contributed by atoms with van der Waals surface area (Å²) >= 11 is 5.83. The fraction of sp³-hybridized carbons (Fsp3) is 0.550. The molecule has 1 aliphatic heterocycles. The van der Waals surface area contributed by atoms with E-state index >= 15 is 0 Å². The molecular formula is C20H28ClN7O4. The quantitative estimate of drug-likeness (QED) is 0.487. The predicted octanol–water partition coefficient (Wildman–Crippen LogP) is 0.704. The molecule has 1 amide bonds. The van der Waals surface area contributed by atoms with Crippen LogP contribution in [-0.4, -0.2) is 90.1 Å². The van der Waals surface area contributed by atoms with Crippen molar-refractivity contribution in [3.05, 3.63) is 39.5 Å². The van der Waals surface area contributed by atoms with Gasteiger partial charge in [-0.3, -0.25) is 9.59 Å². The summed E-state index contributed by atoms with van der Waals surface area (Å²) in [5.74, 6) is 0.667. The lowest BCUT2D eigenvalue weighted by Gasteiger charge is -2.34. The summed E-state index contributed by atoms with van der Waals surface area (Å²) in [5, 5.41) is 9.91. The number of aromatic nitrogens is 4. The van der Waals surface area contributed by atoms with Crippen LogP contribution in [0.1, 0.15) is 12.0 Å². The first-order valence-electron chi connectivity index (χ1n) is 10.4. The molecule has 3 heterocycles. The Kier molecular flexibility index (Phi) is 8.77. The molecule has 12 heteroatoms. The van der Waals surface area contributed by atoms with Crippen molar-refractivity contribution in [3.8, 4) is 0 Å². The number of carbonyl (C=O) groups is 1. The van der Waals surface area contributed by atoms with Gasteiger partial charge in [-0.2, -0.15) is 5.10 Å². The first kappa shape index (κ1) is 23.9. The molecule has 0 radical (unpaired) electrons. The number of rotatable bonds is 10. The van der Waals surface area contributed by atoms with Gasteiger partial charge in [0, 0.05) is 38.9 Å². The third kappa shape index (κ3) is 6.62. The number of aromatic amines is 1. The fourth-order valence-electron chi connectivity index (χ4n) is 3.32. The van der Waals surface area contributed by atoms with E-state index < -0.39 is 0 Å². The molecule has 2 aromatic heterocycles. The Labute approximate surface area is 191 Å². The molecule has 0 saturated carbocycles. The molecule has 32 heavy (non-hydrogen) atoms. The number of amides is 1. The van der Waals surface area contributed by atoms with Gasteiger partial charge < -0.3 is 24.6 Å². The second-order valence-electron chi connectivity index (χ2n) is 7.43. The van der Waals surface area contributed by atoms with Crippen LogP contribution in [0.3, 0.4) is 0 Å². The minimum atomic E-state index is -0.250. The van der Waals surface area contributed by atoms with Crippen LogP contribution in [0.4, 0.5) is 11.6 Å². The highest BCUT2D eigenvalue weighted by molar-refractivity contribution is 6.30. The second-order valence-corrected chi connectivity index (χ2v) is 7.86. The number of H-pyrrole nitrogens is 1. The van der Waals surface area contributed by atoms with Gasteiger partial charge in [0.05, 0.1) is 61.6 Å². The van der Waals surface area contributed by atoms with Crippen LogP contribution in [0.15, 0.2) is 23.4 Å². The molecule has 0 aromatic carbocycles. The molecule has 0 bridgehead atoms. The monoisotopic (exact) mass is 465 g/mol.